The van der Waals surface area contributed by atoms with Gasteiger partial charge in [-0.2, -0.15) is 10.2 Å². The van der Waals surface area contributed by atoms with Crippen molar-refractivity contribution in [1.82, 2.24) is 24.1 Å². The van der Waals surface area contributed by atoms with Crippen molar-refractivity contribution in [2.24, 2.45) is 5.92 Å². The molecule has 3 heterocycles. The largest absolute Gasteiger partial charge is 0.496 e. The van der Waals surface area contributed by atoms with Crippen molar-refractivity contribution in [3.05, 3.63) is 68.4 Å². The molecule has 0 amide bonds. The zero-order valence-electron chi connectivity index (χ0n) is 26.4. The predicted octanol–water partition coefficient (Wildman–Crippen LogP) is 4.67. The van der Waals surface area contributed by atoms with Crippen molar-refractivity contribution in [2.45, 2.75) is 97.1 Å². The van der Waals surface area contributed by atoms with Gasteiger partial charge < -0.3 is 14.6 Å². The maximum atomic E-state index is 14.7. The van der Waals surface area contributed by atoms with Gasteiger partial charge in [0, 0.05) is 17.5 Å². The number of rotatable bonds is 11. The Morgan fingerprint density at radius 3 is 2.44 bits per heavy atom. The number of aryl methyl sites for hydroxylation is 1. The van der Waals surface area contributed by atoms with Crippen LogP contribution in [-0.4, -0.2) is 54.3 Å². The molecule has 1 fully saturated rings. The minimum atomic E-state index is -1.46. The molecule has 5 rings (SSSR count). The van der Waals surface area contributed by atoms with Gasteiger partial charge in [-0.3, -0.25) is 14.2 Å². The summed E-state index contributed by atoms with van der Waals surface area (Å²) in [6.45, 7) is 8.65. The van der Waals surface area contributed by atoms with Crippen LogP contribution in [0, 0.1) is 18.7 Å². The van der Waals surface area contributed by atoms with E-state index in [2.05, 4.69) is 10.2 Å². The van der Waals surface area contributed by atoms with Crippen LogP contribution in [0.1, 0.15) is 77.0 Å². The summed E-state index contributed by atoms with van der Waals surface area (Å²) in [5.41, 5.74) is -1.76. The summed E-state index contributed by atoms with van der Waals surface area (Å²) in [5, 5.41) is 19.4. The molecule has 3 aromatic heterocycles. The van der Waals surface area contributed by atoms with E-state index in [1.54, 1.807) is 20.8 Å². The molecule has 1 aromatic carbocycles. The second-order valence-corrected chi connectivity index (χ2v) is 13.6. The van der Waals surface area contributed by atoms with E-state index in [9.17, 15) is 23.9 Å². The van der Waals surface area contributed by atoms with E-state index >= 15 is 0 Å². The van der Waals surface area contributed by atoms with Crippen LogP contribution >= 0.6 is 11.3 Å². The average Bonchev–Trinajstić information content (AvgIpc) is 3.63. The van der Waals surface area contributed by atoms with Gasteiger partial charge in [0.15, 0.2) is 5.78 Å². The molecule has 13 heteroatoms. The molecule has 4 aromatic rings. The number of methoxy groups -OCH3 is 1. The number of hydrogen-bond acceptors (Lipinski definition) is 9. The maximum absolute atomic E-state index is 14.7. The summed E-state index contributed by atoms with van der Waals surface area (Å²) in [7, 11) is 1.48. The number of nitrogens with zero attached hydrogens (tertiary/aromatic N) is 5. The van der Waals surface area contributed by atoms with Crippen LogP contribution in [-0.2, 0) is 21.6 Å². The first-order valence-corrected chi connectivity index (χ1v) is 16.0. The molecule has 0 bridgehead atoms. The standard InChI is InChI=1S/C32H40FN5O6S/c1-18(2)15-26(40)32(4,5)37-28(41)27-19(3)29(38-34-13-14-35-38)45-30(27)36(31(37)42)17-25(44-22-10-8-21(39)9-11-22)23-16-20(33)7-12-24(23)43-6/h7,12-14,16,18,21-22,25,39H,8-11,15,17H2,1-6H3/t21?,22?,25-/m0/s1. The molecular formula is C32H40FN5O6S. The Balaban J connectivity index is 1.75. The van der Waals surface area contributed by atoms with Crippen LogP contribution < -0.4 is 16.0 Å². The number of carbonyl (C=O) groups excluding carboxylic acids is 1. The smallest absolute Gasteiger partial charge is 0.333 e. The van der Waals surface area contributed by atoms with Crippen LogP contribution in [0.15, 0.2) is 40.2 Å². The number of aliphatic hydroxyl groups excluding tert-OH is 1. The van der Waals surface area contributed by atoms with Crippen molar-refractivity contribution in [3.63, 3.8) is 0 Å². The summed E-state index contributed by atoms with van der Waals surface area (Å²) in [6.07, 6.45) is 3.97. The fraction of sp³-hybridized carbons (Fsp3) is 0.531. The highest BCUT2D eigenvalue weighted by Crippen LogP contribution is 2.36. The first-order chi connectivity index (χ1) is 21.3. The summed E-state index contributed by atoms with van der Waals surface area (Å²) in [5.74, 6) is -0.345. The monoisotopic (exact) mass is 641 g/mol. The molecule has 1 aliphatic carbocycles. The van der Waals surface area contributed by atoms with Crippen LogP contribution in [0.2, 0.25) is 0 Å². The topological polar surface area (TPSA) is 130 Å². The van der Waals surface area contributed by atoms with Crippen molar-refractivity contribution < 1.29 is 23.8 Å². The molecule has 0 unspecified atom stereocenters. The van der Waals surface area contributed by atoms with Gasteiger partial charge in [0.2, 0.25) is 0 Å². The zero-order chi connectivity index (χ0) is 32.6. The average molecular weight is 642 g/mol. The van der Waals surface area contributed by atoms with E-state index in [1.807, 2.05) is 13.8 Å². The molecule has 0 saturated heterocycles. The number of hydrogen-bond donors (Lipinski definition) is 1. The number of halogens is 1. The third kappa shape index (κ3) is 6.38. The third-order valence-electron chi connectivity index (χ3n) is 8.51. The second-order valence-electron chi connectivity index (χ2n) is 12.6. The third-order valence-corrected chi connectivity index (χ3v) is 9.79. The maximum Gasteiger partial charge on any atom is 0.333 e. The van der Waals surface area contributed by atoms with Crippen LogP contribution in [0.5, 0.6) is 5.75 Å². The molecule has 1 N–H and O–H groups in total. The second kappa shape index (κ2) is 13.0. The molecule has 242 valence electrons. The van der Waals surface area contributed by atoms with Crippen LogP contribution in [0.25, 0.3) is 15.2 Å². The molecule has 45 heavy (non-hydrogen) atoms. The number of aromatic nitrogens is 5. The Morgan fingerprint density at radius 1 is 1.16 bits per heavy atom. The highest BCUT2D eigenvalue weighted by molar-refractivity contribution is 7.21. The fourth-order valence-corrected chi connectivity index (χ4v) is 7.22. The molecule has 1 atom stereocenters. The number of aliphatic hydroxyl groups is 1. The Hall–Kier alpha value is -3.68. The number of ether oxygens (including phenoxy) is 2. The predicted molar refractivity (Wildman–Crippen MR) is 169 cm³/mol. The van der Waals surface area contributed by atoms with E-state index in [4.69, 9.17) is 9.47 Å². The van der Waals surface area contributed by atoms with E-state index < -0.39 is 34.8 Å². The van der Waals surface area contributed by atoms with Crippen molar-refractivity contribution in [1.29, 1.82) is 0 Å². The van der Waals surface area contributed by atoms with Crippen molar-refractivity contribution >= 4 is 27.3 Å². The quantitative estimate of drug-likeness (QED) is 0.250. The summed E-state index contributed by atoms with van der Waals surface area (Å²) in [4.78, 5) is 44.0. The lowest BCUT2D eigenvalue weighted by Crippen LogP contribution is -2.53. The number of benzene rings is 1. The number of carbonyl (C=O) groups is 1. The van der Waals surface area contributed by atoms with Crippen molar-refractivity contribution in [3.8, 4) is 10.8 Å². The Labute approximate surface area is 264 Å². The zero-order valence-corrected chi connectivity index (χ0v) is 27.3. The lowest BCUT2D eigenvalue weighted by Gasteiger charge is -2.31. The molecular weight excluding hydrogens is 601 g/mol. The van der Waals surface area contributed by atoms with Gasteiger partial charge in [-0.05, 0) is 70.6 Å². The SMILES string of the molecule is COc1ccc(F)cc1[C@H](Cn1c(=O)n(C(C)(C)C(=O)CC(C)C)c(=O)c2c(C)c(-n3nccn3)sc21)OC1CCC(O)CC1. The Bertz CT molecular complexity index is 1800. The molecule has 1 aliphatic rings. The van der Waals surface area contributed by atoms with Gasteiger partial charge in [0.25, 0.3) is 5.56 Å². The van der Waals surface area contributed by atoms with E-state index in [0.29, 0.717) is 52.4 Å². The minimum Gasteiger partial charge on any atom is -0.496 e. The van der Waals surface area contributed by atoms with Gasteiger partial charge in [-0.15, -0.1) is 4.80 Å². The lowest BCUT2D eigenvalue weighted by molar-refractivity contribution is -0.127. The van der Waals surface area contributed by atoms with E-state index in [-0.39, 0.29) is 36.2 Å². The number of fused-ring (bicyclic) bond motifs is 1. The molecule has 0 spiro atoms. The summed E-state index contributed by atoms with van der Waals surface area (Å²) in [6, 6.07) is 4.12. The van der Waals surface area contributed by atoms with Gasteiger partial charge in [-0.1, -0.05) is 25.2 Å². The normalized spacial score (nSPS) is 18.1. The van der Waals surface area contributed by atoms with Gasteiger partial charge >= 0.3 is 5.69 Å². The molecule has 1 saturated carbocycles. The Kier molecular flexibility index (Phi) is 9.43. The van der Waals surface area contributed by atoms with Crippen LogP contribution in [0.4, 0.5) is 4.39 Å². The number of ketones is 1. The van der Waals surface area contributed by atoms with E-state index in [1.165, 1.54) is 58.4 Å². The highest BCUT2D eigenvalue weighted by atomic mass is 32.1. The first kappa shape index (κ1) is 32.7. The molecule has 11 nitrogen and oxygen atoms in total. The fourth-order valence-electron chi connectivity index (χ4n) is 6.00. The van der Waals surface area contributed by atoms with Crippen LogP contribution in [0.3, 0.4) is 0 Å². The summed E-state index contributed by atoms with van der Waals surface area (Å²) < 4.78 is 29.4. The number of thiophene rings is 1. The number of Topliss-reactive ketones (excluding diaryl/α,β-unsaturated/α-hetero) is 1. The first-order valence-electron chi connectivity index (χ1n) is 15.2. The Morgan fingerprint density at radius 2 is 1.82 bits per heavy atom. The molecule has 0 radical (unpaired) electrons. The van der Waals surface area contributed by atoms with Crippen molar-refractivity contribution in [2.75, 3.05) is 7.11 Å². The highest BCUT2D eigenvalue weighted by Gasteiger charge is 2.36. The lowest BCUT2D eigenvalue weighted by atomic mass is 9.91. The molecule has 0 aliphatic heterocycles. The van der Waals surface area contributed by atoms with E-state index in [0.717, 1.165) is 4.57 Å². The van der Waals surface area contributed by atoms with Gasteiger partial charge in [-0.25, -0.2) is 13.8 Å². The summed E-state index contributed by atoms with van der Waals surface area (Å²) >= 11 is 1.18. The van der Waals surface area contributed by atoms with Gasteiger partial charge in [0.1, 0.15) is 33.0 Å². The minimum absolute atomic E-state index is 0.0195. The van der Waals surface area contributed by atoms with Gasteiger partial charge in [0.05, 0.1) is 43.6 Å².